The van der Waals surface area contributed by atoms with E-state index in [1.165, 1.54) is 0 Å². The van der Waals surface area contributed by atoms with Gasteiger partial charge in [-0.15, -0.1) is 0 Å². The van der Waals surface area contributed by atoms with Gasteiger partial charge in [-0.05, 0) is 49.2 Å². The van der Waals surface area contributed by atoms with E-state index in [0.717, 1.165) is 16.9 Å². The van der Waals surface area contributed by atoms with Crippen molar-refractivity contribution in [1.82, 2.24) is 5.32 Å². The Morgan fingerprint density at radius 1 is 0.957 bits per heavy atom. The highest BCUT2D eigenvalue weighted by molar-refractivity contribution is 5.94. The molecular formula is C19H23NO3. The molecule has 4 nitrogen and oxygen atoms in total. The second-order valence-electron chi connectivity index (χ2n) is 5.05. The summed E-state index contributed by atoms with van der Waals surface area (Å²) < 4.78 is 10.8. The number of benzene rings is 2. The molecule has 0 bridgehead atoms. The van der Waals surface area contributed by atoms with E-state index < -0.39 is 0 Å². The van der Waals surface area contributed by atoms with Crippen LogP contribution in [0.3, 0.4) is 0 Å². The van der Waals surface area contributed by atoms with Gasteiger partial charge >= 0.3 is 0 Å². The van der Waals surface area contributed by atoms with Gasteiger partial charge in [0, 0.05) is 18.7 Å². The molecule has 0 saturated carbocycles. The molecular weight excluding hydrogens is 290 g/mol. The minimum atomic E-state index is -0.0979. The predicted molar refractivity (Wildman–Crippen MR) is 90.6 cm³/mol. The number of hydrogen-bond acceptors (Lipinski definition) is 3. The molecule has 1 N–H and O–H groups in total. The second-order valence-corrected chi connectivity index (χ2v) is 5.05. The normalized spacial score (nSPS) is 10.3. The average Bonchev–Trinajstić information content (AvgIpc) is 2.59. The molecule has 2 aromatic rings. The largest absolute Gasteiger partial charge is 0.494 e. The fraction of sp³-hybridized carbons (Fsp3) is 0.316. The van der Waals surface area contributed by atoms with Crippen LogP contribution < -0.4 is 10.1 Å². The molecule has 23 heavy (non-hydrogen) atoms. The lowest BCUT2D eigenvalue weighted by molar-refractivity contribution is 0.0949. The third-order valence-corrected chi connectivity index (χ3v) is 3.45. The van der Waals surface area contributed by atoms with Crippen molar-refractivity contribution in [3.05, 3.63) is 65.2 Å². The van der Waals surface area contributed by atoms with Crippen LogP contribution in [0.25, 0.3) is 0 Å². The number of nitrogens with one attached hydrogen (secondary N) is 1. The SMILES string of the molecule is CCOCc1ccccc1CNC(=O)c1ccc(OCC)cc1. The molecule has 0 aliphatic carbocycles. The molecule has 0 saturated heterocycles. The maximum atomic E-state index is 12.2. The van der Waals surface area contributed by atoms with E-state index in [1.807, 2.05) is 38.1 Å². The molecule has 0 aliphatic heterocycles. The van der Waals surface area contributed by atoms with E-state index in [0.29, 0.717) is 31.9 Å². The molecule has 2 aromatic carbocycles. The Morgan fingerprint density at radius 2 is 1.65 bits per heavy atom. The molecule has 1 amide bonds. The number of amides is 1. The molecule has 0 aliphatic rings. The number of hydrogen-bond donors (Lipinski definition) is 1. The molecule has 0 unspecified atom stereocenters. The van der Waals surface area contributed by atoms with Gasteiger partial charge < -0.3 is 14.8 Å². The molecule has 0 fully saturated rings. The van der Waals surface area contributed by atoms with E-state index in [-0.39, 0.29) is 5.91 Å². The lowest BCUT2D eigenvalue weighted by atomic mass is 10.1. The fourth-order valence-electron chi connectivity index (χ4n) is 2.23. The van der Waals surface area contributed by atoms with Crippen molar-refractivity contribution in [2.45, 2.75) is 27.0 Å². The lowest BCUT2D eigenvalue weighted by Crippen LogP contribution is -2.23. The van der Waals surface area contributed by atoms with Crippen molar-refractivity contribution in [2.24, 2.45) is 0 Å². The van der Waals surface area contributed by atoms with Gasteiger partial charge in [-0.2, -0.15) is 0 Å². The molecule has 2 rings (SSSR count). The van der Waals surface area contributed by atoms with Crippen LogP contribution >= 0.6 is 0 Å². The summed E-state index contributed by atoms with van der Waals surface area (Å²) in [6.07, 6.45) is 0. The van der Waals surface area contributed by atoms with Crippen molar-refractivity contribution in [3.8, 4) is 5.75 Å². The van der Waals surface area contributed by atoms with Crippen molar-refractivity contribution >= 4 is 5.91 Å². The van der Waals surface area contributed by atoms with Gasteiger partial charge in [0.05, 0.1) is 13.2 Å². The minimum Gasteiger partial charge on any atom is -0.494 e. The third kappa shape index (κ3) is 5.11. The Labute approximate surface area is 137 Å². The lowest BCUT2D eigenvalue weighted by Gasteiger charge is -2.11. The van der Waals surface area contributed by atoms with Crippen LogP contribution in [0.4, 0.5) is 0 Å². The number of carbonyl (C=O) groups excluding carboxylic acids is 1. The first-order valence-corrected chi connectivity index (χ1v) is 7.90. The van der Waals surface area contributed by atoms with Gasteiger partial charge in [0.2, 0.25) is 0 Å². The van der Waals surface area contributed by atoms with E-state index in [1.54, 1.807) is 24.3 Å². The summed E-state index contributed by atoms with van der Waals surface area (Å²) in [5.74, 6) is 0.672. The summed E-state index contributed by atoms with van der Waals surface area (Å²) in [6.45, 7) is 6.23. The minimum absolute atomic E-state index is 0.0979. The smallest absolute Gasteiger partial charge is 0.251 e. The Balaban J connectivity index is 1.96. The molecule has 0 atom stereocenters. The zero-order valence-electron chi connectivity index (χ0n) is 13.7. The first kappa shape index (κ1) is 17.0. The van der Waals surface area contributed by atoms with Crippen LogP contribution in [-0.2, 0) is 17.9 Å². The summed E-state index contributed by atoms with van der Waals surface area (Å²) in [4.78, 5) is 12.2. The van der Waals surface area contributed by atoms with E-state index in [9.17, 15) is 4.79 Å². The molecule has 0 aromatic heterocycles. The van der Waals surface area contributed by atoms with Crippen LogP contribution in [0, 0.1) is 0 Å². The maximum Gasteiger partial charge on any atom is 0.251 e. The van der Waals surface area contributed by atoms with E-state index >= 15 is 0 Å². The predicted octanol–water partition coefficient (Wildman–Crippen LogP) is 3.55. The molecule has 122 valence electrons. The first-order chi connectivity index (χ1) is 11.2. The van der Waals surface area contributed by atoms with Crippen molar-refractivity contribution in [2.75, 3.05) is 13.2 Å². The number of ether oxygens (including phenoxy) is 2. The monoisotopic (exact) mass is 313 g/mol. The van der Waals surface area contributed by atoms with Crippen LogP contribution in [0.15, 0.2) is 48.5 Å². The number of carbonyl (C=O) groups is 1. The van der Waals surface area contributed by atoms with Crippen molar-refractivity contribution < 1.29 is 14.3 Å². The van der Waals surface area contributed by atoms with E-state index in [4.69, 9.17) is 9.47 Å². The van der Waals surface area contributed by atoms with E-state index in [2.05, 4.69) is 5.32 Å². The Bertz CT molecular complexity index is 623. The maximum absolute atomic E-state index is 12.2. The van der Waals surface area contributed by atoms with Gasteiger partial charge in [-0.3, -0.25) is 4.79 Å². The zero-order chi connectivity index (χ0) is 16.5. The highest BCUT2D eigenvalue weighted by Gasteiger charge is 2.07. The highest BCUT2D eigenvalue weighted by Crippen LogP contribution is 2.13. The Hall–Kier alpha value is -2.33. The van der Waals surface area contributed by atoms with Gasteiger partial charge in [0.1, 0.15) is 5.75 Å². The summed E-state index contributed by atoms with van der Waals surface area (Å²) in [6, 6.07) is 15.1. The average molecular weight is 313 g/mol. The van der Waals surface area contributed by atoms with Crippen LogP contribution in [0.2, 0.25) is 0 Å². The quantitative estimate of drug-likeness (QED) is 0.810. The van der Waals surface area contributed by atoms with Crippen LogP contribution in [-0.4, -0.2) is 19.1 Å². The first-order valence-electron chi connectivity index (χ1n) is 7.90. The Kier molecular flexibility index (Phi) is 6.63. The standard InChI is InChI=1S/C19H23NO3/c1-3-22-14-17-8-6-5-7-16(17)13-20-19(21)15-9-11-18(12-10-15)23-4-2/h5-12H,3-4,13-14H2,1-2H3,(H,20,21). The molecule has 0 heterocycles. The summed E-state index contributed by atoms with van der Waals surface area (Å²) in [7, 11) is 0. The topological polar surface area (TPSA) is 47.6 Å². The summed E-state index contributed by atoms with van der Waals surface area (Å²) in [5.41, 5.74) is 2.79. The third-order valence-electron chi connectivity index (χ3n) is 3.45. The van der Waals surface area contributed by atoms with Crippen LogP contribution in [0.1, 0.15) is 35.3 Å². The van der Waals surface area contributed by atoms with Gasteiger partial charge in [0.25, 0.3) is 5.91 Å². The highest BCUT2D eigenvalue weighted by atomic mass is 16.5. The Morgan fingerprint density at radius 3 is 2.30 bits per heavy atom. The second kappa shape index (κ2) is 8.96. The van der Waals surface area contributed by atoms with Crippen LogP contribution in [0.5, 0.6) is 5.75 Å². The molecule has 4 heteroatoms. The van der Waals surface area contributed by atoms with Gasteiger partial charge in [-0.25, -0.2) is 0 Å². The summed E-state index contributed by atoms with van der Waals surface area (Å²) in [5, 5.41) is 2.95. The molecule has 0 spiro atoms. The van der Waals surface area contributed by atoms with Crippen molar-refractivity contribution in [1.29, 1.82) is 0 Å². The fourth-order valence-corrected chi connectivity index (χ4v) is 2.23. The van der Waals surface area contributed by atoms with Gasteiger partial charge in [0.15, 0.2) is 0 Å². The molecule has 0 radical (unpaired) electrons. The zero-order valence-corrected chi connectivity index (χ0v) is 13.7. The number of rotatable bonds is 8. The van der Waals surface area contributed by atoms with Crippen molar-refractivity contribution in [3.63, 3.8) is 0 Å². The summed E-state index contributed by atoms with van der Waals surface area (Å²) >= 11 is 0. The van der Waals surface area contributed by atoms with Gasteiger partial charge in [-0.1, -0.05) is 24.3 Å².